The van der Waals surface area contributed by atoms with Crippen LogP contribution in [0.15, 0.2) is 47.5 Å². The maximum atomic E-state index is 12.0. The van der Waals surface area contributed by atoms with E-state index in [0.29, 0.717) is 42.7 Å². The molecule has 0 fully saturated rings. The second-order valence-corrected chi connectivity index (χ2v) is 6.87. The van der Waals surface area contributed by atoms with Gasteiger partial charge in [0.15, 0.2) is 17.5 Å². The van der Waals surface area contributed by atoms with Crippen LogP contribution in [0.3, 0.4) is 0 Å². The molecule has 0 radical (unpaired) electrons. The first-order valence-electron chi connectivity index (χ1n) is 10.2. The van der Waals surface area contributed by atoms with Gasteiger partial charge in [-0.3, -0.25) is 4.79 Å². The zero-order chi connectivity index (χ0) is 21.8. The first-order chi connectivity index (χ1) is 14.6. The minimum atomic E-state index is -0.0464. The summed E-state index contributed by atoms with van der Waals surface area (Å²) in [6.45, 7) is 3.90. The van der Waals surface area contributed by atoms with Gasteiger partial charge in [-0.1, -0.05) is 31.5 Å². The third-order valence-corrected chi connectivity index (χ3v) is 4.63. The fraction of sp³-hybridized carbons (Fsp3) is 0.391. The summed E-state index contributed by atoms with van der Waals surface area (Å²) in [7, 11) is 3.24. The fourth-order valence-electron chi connectivity index (χ4n) is 2.85. The van der Waals surface area contributed by atoms with Crippen molar-refractivity contribution in [3.8, 4) is 11.5 Å². The molecule has 1 amide bonds. The van der Waals surface area contributed by atoms with E-state index in [1.165, 1.54) is 0 Å². The monoisotopic (exact) mass is 540 g/mol. The number of hydrogen-bond donors (Lipinski definition) is 3. The van der Waals surface area contributed by atoms with Gasteiger partial charge in [-0.15, -0.1) is 24.0 Å². The predicted molar refractivity (Wildman–Crippen MR) is 136 cm³/mol. The quantitative estimate of drug-likeness (QED) is 0.176. The number of guanidine groups is 1. The van der Waals surface area contributed by atoms with Gasteiger partial charge in [-0.2, -0.15) is 0 Å². The Balaban J connectivity index is 0.00000480. The standard InChI is InChI=1S/C23H32N4O3.HI/c1-4-5-13-25-22(28)19-9-6-18(7-10-19)16-27-23(24)26-14-12-17-8-11-20(29-2)21(15-17)30-3;/h6-11,15H,4-5,12-14,16H2,1-3H3,(H,25,28)(H3,24,26,27);1H. The fourth-order valence-corrected chi connectivity index (χ4v) is 2.85. The molecule has 7 nitrogen and oxygen atoms in total. The molecule has 4 N–H and O–H groups in total. The molecule has 0 saturated heterocycles. The van der Waals surface area contributed by atoms with E-state index in [4.69, 9.17) is 15.2 Å². The van der Waals surface area contributed by atoms with Gasteiger partial charge in [0, 0.05) is 18.7 Å². The molecule has 0 heterocycles. The molecule has 31 heavy (non-hydrogen) atoms. The number of unbranched alkanes of at least 4 members (excludes halogenated alkanes) is 1. The summed E-state index contributed by atoms with van der Waals surface area (Å²) in [5, 5.41) is 6.03. The van der Waals surface area contributed by atoms with E-state index in [2.05, 4.69) is 22.5 Å². The van der Waals surface area contributed by atoms with E-state index in [-0.39, 0.29) is 29.9 Å². The molecule has 2 aromatic rings. The summed E-state index contributed by atoms with van der Waals surface area (Å²) in [4.78, 5) is 16.4. The van der Waals surface area contributed by atoms with Crippen LogP contribution in [-0.2, 0) is 13.0 Å². The van der Waals surface area contributed by atoms with Crippen LogP contribution in [0.2, 0.25) is 0 Å². The number of amides is 1. The largest absolute Gasteiger partial charge is 0.493 e. The molecule has 0 unspecified atom stereocenters. The van der Waals surface area contributed by atoms with E-state index in [9.17, 15) is 4.79 Å². The lowest BCUT2D eigenvalue weighted by atomic mass is 10.1. The molecule has 2 aromatic carbocycles. The summed E-state index contributed by atoms with van der Waals surface area (Å²) in [5.74, 6) is 1.76. The highest BCUT2D eigenvalue weighted by atomic mass is 127. The molecule has 2 rings (SSSR count). The zero-order valence-electron chi connectivity index (χ0n) is 18.4. The third-order valence-electron chi connectivity index (χ3n) is 4.63. The molecule has 8 heteroatoms. The molecule has 0 saturated carbocycles. The van der Waals surface area contributed by atoms with Gasteiger partial charge in [-0.05, 0) is 48.2 Å². The van der Waals surface area contributed by atoms with E-state index >= 15 is 0 Å². The topological polar surface area (TPSA) is 98.0 Å². The summed E-state index contributed by atoms with van der Waals surface area (Å²) in [6, 6.07) is 13.3. The predicted octanol–water partition coefficient (Wildman–Crippen LogP) is 3.50. The Hall–Kier alpha value is -2.49. The molecule has 0 aliphatic carbocycles. The van der Waals surface area contributed by atoms with Crippen LogP contribution in [0.25, 0.3) is 0 Å². The third kappa shape index (κ3) is 9.04. The first kappa shape index (κ1) is 26.5. The van der Waals surface area contributed by atoms with E-state index < -0.39 is 0 Å². The Kier molecular flexibility index (Phi) is 12.4. The Bertz CT molecular complexity index is 841. The first-order valence-corrected chi connectivity index (χ1v) is 10.2. The summed E-state index contributed by atoms with van der Waals surface area (Å²) >= 11 is 0. The number of nitrogens with two attached hydrogens (primary N) is 1. The maximum absolute atomic E-state index is 12.0. The number of hydrogen-bond acceptors (Lipinski definition) is 4. The zero-order valence-corrected chi connectivity index (χ0v) is 20.8. The van der Waals surface area contributed by atoms with Gasteiger partial charge in [-0.25, -0.2) is 4.99 Å². The Morgan fingerprint density at radius 3 is 2.29 bits per heavy atom. The van der Waals surface area contributed by atoms with Crippen LogP contribution in [0.5, 0.6) is 11.5 Å². The van der Waals surface area contributed by atoms with Crippen molar-refractivity contribution in [1.29, 1.82) is 0 Å². The van der Waals surface area contributed by atoms with Crippen molar-refractivity contribution in [3.05, 3.63) is 59.2 Å². The van der Waals surface area contributed by atoms with Crippen molar-refractivity contribution >= 4 is 35.8 Å². The van der Waals surface area contributed by atoms with Gasteiger partial charge in [0.2, 0.25) is 0 Å². The van der Waals surface area contributed by atoms with Crippen LogP contribution in [0.4, 0.5) is 0 Å². The Morgan fingerprint density at radius 2 is 1.65 bits per heavy atom. The molecule has 170 valence electrons. The number of halogens is 1. The molecule has 0 aromatic heterocycles. The minimum Gasteiger partial charge on any atom is -0.493 e. The summed E-state index contributed by atoms with van der Waals surface area (Å²) < 4.78 is 10.6. The number of ether oxygens (including phenoxy) is 2. The van der Waals surface area contributed by atoms with Crippen molar-refractivity contribution in [2.75, 3.05) is 27.3 Å². The van der Waals surface area contributed by atoms with Crippen molar-refractivity contribution in [2.24, 2.45) is 10.7 Å². The number of rotatable bonds is 11. The van der Waals surface area contributed by atoms with Crippen LogP contribution in [0, 0.1) is 0 Å². The molecule has 0 spiro atoms. The van der Waals surface area contributed by atoms with Crippen LogP contribution in [0.1, 0.15) is 41.3 Å². The number of benzene rings is 2. The lowest BCUT2D eigenvalue weighted by Crippen LogP contribution is -2.33. The van der Waals surface area contributed by atoms with Crippen LogP contribution in [-0.4, -0.2) is 39.2 Å². The maximum Gasteiger partial charge on any atom is 0.251 e. The number of nitrogens with one attached hydrogen (secondary N) is 2. The lowest BCUT2D eigenvalue weighted by molar-refractivity contribution is 0.0953. The number of nitrogens with zero attached hydrogens (tertiary/aromatic N) is 1. The average Bonchev–Trinajstić information content (AvgIpc) is 2.78. The lowest BCUT2D eigenvalue weighted by Gasteiger charge is -2.10. The molecule has 0 bridgehead atoms. The highest BCUT2D eigenvalue weighted by Gasteiger charge is 2.05. The summed E-state index contributed by atoms with van der Waals surface area (Å²) in [5.41, 5.74) is 8.72. The SMILES string of the molecule is CCCCNC(=O)c1ccc(CN=C(N)NCCc2ccc(OC)c(OC)c2)cc1.I. The van der Waals surface area contributed by atoms with Gasteiger partial charge < -0.3 is 25.8 Å². The van der Waals surface area contributed by atoms with E-state index in [0.717, 1.165) is 30.4 Å². The minimum absolute atomic E-state index is 0. The van der Waals surface area contributed by atoms with Gasteiger partial charge >= 0.3 is 0 Å². The number of methoxy groups -OCH3 is 2. The highest BCUT2D eigenvalue weighted by Crippen LogP contribution is 2.27. The Labute approximate surface area is 201 Å². The van der Waals surface area contributed by atoms with Crippen molar-refractivity contribution in [2.45, 2.75) is 32.7 Å². The van der Waals surface area contributed by atoms with E-state index in [1.54, 1.807) is 14.2 Å². The number of carbonyl (C=O) groups excluding carboxylic acids is 1. The normalized spacial score (nSPS) is 10.7. The smallest absolute Gasteiger partial charge is 0.251 e. The van der Waals surface area contributed by atoms with Crippen molar-refractivity contribution in [1.82, 2.24) is 10.6 Å². The molecule has 0 atom stereocenters. The van der Waals surface area contributed by atoms with Gasteiger partial charge in [0.05, 0.1) is 20.8 Å². The molecule has 0 aliphatic rings. The van der Waals surface area contributed by atoms with Gasteiger partial charge in [0.25, 0.3) is 5.91 Å². The molecular weight excluding hydrogens is 507 g/mol. The second kappa shape index (κ2) is 14.5. The summed E-state index contributed by atoms with van der Waals surface area (Å²) in [6.07, 6.45) is 2.82. The van der Waals surface area contributed by atoms with E-state index in [1.807, 2.05) is 42.5 Å². The average molecular weight is 540 g/mol. The highest BCUT2D eigenvalue weighted by molar-refractivity contribution is 14.0. The van der Waals surface area contributed by atoms with Crippen LogP contribution >= 0.6 is 24.0 Å². The van der Waals surface area contributed by atoms with Crippen molar-refractivity contribution < 1.29 is 14.3 Å². The van der Waals surface area contributed by atoms with Crippen LogP contribution < -0.4 is 25.8 Å². The van der Waals surface area contributed by atoms with Crippen molar-refractivity contribution in [3.63, 3.8) is 0 Å². The molecule has 0 aliphatic heterocycles. The Morgan fingerprint density at radius 1 is 0.968 bits per heavy atom. The number of aliphatic imine (C=N–C) groups is 1. The molecular formula is C23H33IN4O3. The number of carbonyl (C=O) groups is 1. The van der Waals surface area contributed by atoms with Gasteiger partial charge in [0.1, 0.15) is 0 Å². The second-order valence-electron chi connectivity index (χ2n) is 6.87.